The van der Waals surface area contributed by atoms with Crippen molar-refractivity contribution in [2.24, 2.45) is 0 Å². The number of ether oxygens (including phenoxy) is 8. The molecular weight excluding hydrogens is 1010 g/mol. The molecule has 0 fully saturated rings. The minimum Gasteiger partial charge on any atom is -0.487 e. The van der Waals surface area contributed by atoms with Crippen LogP contribution >= 0.6 is 0 Å². The van der Waals surface area contributed by atoms with Crippen molar-refractivity contribution in [2.75, 3.05) is 79.3 Å². The number of benzene rings is 4. The van der Waals surface area contributed by atoms with Crippen molar-refractivity contribution in [1.29, 1.82) is 0 Å². The Bertz CT molecular complexity index is 2510. The van der Waals surface area contributed by atoms with E-state index in [1.807, 2.05) is 48.5 Å². The van der Waals surface area contributed by atoms with Gasteiger partial charge in [-0.25, -0.2) is 9.97 Å². The average molecular weight is 1070 g/mol. The van der Waals surface area contributed by atoms with E-state index >= 15 is 0 Å². The molecule has 26 heteroatoms. The molecule has 0 atom stereocenters. The van der Waals surface area contributed by atoms with Crippen molar-refractivity contribution in [3.63, 3.8) is 0 Å². The Labute approximate surface area is 411 Å². The van der Waals surface area contributed by atoms with Gasteiger partial charge in [0.15, 0.2) is 23.0 Å². The van der Waals surface area contributed by atoms with Crippen molar-refractivity contribution in [2.45, 2.75) is 51.6 Å². The van der Waals surface area contributed by atoms with E-state index in [0.29, 0.717) is 102 Å². The van der Waals surface area contributed by atoms with E-state index in [9.17, 15) is 26.3 Å². The van der Waals surface area contributed by atoms with E-state index in [0.717, 1.165) is 46.6 Å². The fraction of sp³-hybridized carbons (Fsp3) is 0.435. The molecule has 0 saturated heterocycles. The third-order valence-corrected chi connectivity index (χ3v) is 11.0. The molecule has 0 spiro atoms. The molecule has 398 valence electrons. The predicted molar refractivity (Wildman–Crippen MR) is 252 cm³/mol. The summed E-state index contributed by atoms with van der Waals surface area (Å²) in [6, 6.07) is 23.8. The number of halogens is 6. The number of aromatic amines is 2. The molecule has 3 heterocycles. The van der Waals surface area contributed by atoms with Crippen LogP contribution in [0.4, 0.5) is 26.3 Å². The van der Waals surface area contributed by atoms with Gasteiger partial charge in [-0.1, -0.05) is 24.3 Å². The third-order valence-electron chi connectivity index (χ3n) is 9.86. The molecule has 72 heavy (non-hydrogen) atoms. The number of para-hydroxylation sites is 4. The maximum Gasteiger partial charge on any atom is 0.522 e. The first kappa shape index (κ1) is 58.8. The molecule has 2 aromatic heterocycles. The van der Waals surface area contributed by atoms with Gasteiger partial charge in [0.05, 0.1) is 74.9 Å². The molecule has 0 unspecified atom stereocenters. The highest BCUT2D eigenvalue weighted by Crippen LogP contribution is 2.28. The van der Waals surface area contributed by atoms with E-state index < -0.39 is 31.3 Å². The van der Waals surface area contributed by atoms with Gasteiger partial charge in [0.25, 0.3) is 0 Å². The lowest BCUT2D eigenvalue weighted by molar-refractivity contribution is -0.0514. The molecule has 0 aliphatic carbocycles. The molecule has 1 aliphatic rings. The van der Waals surface area contributed by atoms with Crippen molar-refractivity contribution in [3.05, 3.63) is 107 Å². The highest BCUT2D eigenvalue weighted by molar-refractivity contribution is 7.86. The summed E-state index contributed by atoms with van der Waals surface area (Å²) in [5, 5.41) is 0. The second-order valence-electron chi connectivity index (χ2n) is 15.4. The van der Waals surface area contributed by atoms with Crippen LogP contribution in [-0.4, -0.2) is 136 Å². The first-order chi connectivity index (χ1) is 33.9. The molecular formula is C46H56F6N4O14S2. The normalized spacial score (nSPS) is 15.1. The molecule has 0 saturated carbocycles. The SMILES string of the molecule is Cc1cc2nc(CCc3nc4cc(C)c(C)cc4[nH]3)[nH]c2cc1C.O=S(=O)(O)C(F)(F)F.O=S(=O)(O)C(F)(F)F.c1ccc2c(c1)OCCOCCOCCOc1ccccc1OCCOCCOCCO2. The lowest BCUT2D eigenvalue weighted by Crippen LogP contribution is -2.21. The maximum absolute atomic E-state index is 10.7. The first-order valence-electron chi connectivity index (χ1n) is 21.9. The second-order valence-corrected chi connectivity index (χ2v) is 18.2. The molecule has 0 amide bonds. The quantitative estimate of drug-likeness (QED) is 0.0741. The Kier molecular flexibility index (Phi) is 22.8. The average Bonchev–Trinajstić information content (AvgIpc) is 3.89. The maximum atomic E-state index is 10.7. The molecule has 6 aromatic rings. The first-order valence-corrected chi connectivity index (χ1v) is 24.8. The van der Waals surface area contributed by atoms with Gasteiger partial charge in [-0.05, 0) is 98.5 Å². The number of nitrogens with zero attached hydrogens (tertiary/aromatic N) is 2. The number of rotatable bonds is 3. The number of aryl methyl sites for hydroxylation is 6. The van der Waals surface area contributed by atoms with Crippen LogP contribution in [0.15, 0.2) is 72.8 Å². The summed E-state index contributed by atoms with van der Waals surface area (Å²) in [5.74, 6) is 4.76. The topological polar surface area (TPSA) is 240 Å². The zero-order valence-electron chi connectivity index (χ0n) is 39.6. The van der Waals surface area contributed by atoms with Crippen LogP contribution in [0.2, 0.25) is 0 Å². The molecule has 4 aromatic carbocycles. The number of nitrogens with one attached hydrogen (secondary N) is 2. The van der Waals surface area contributed by atoms with Crippen LogP contribution in [0.5, 0.6) is 23.0 Å². The smallest absolute Gasteiger partial charge is 0.487 e. The van der Waals surface area contributed by atoms with Crippen LogP contribution in [0, 0.1) is 27.7 Å². The number of H-pyrrole nitrogens is 2. The minimum atomic E-state index is -5.84. The van der Waals surface area contributed by atoms with Crippen LogP contribution in [-0.2, 0) is 52.0 Å². The predicted octanol–water partition coefficient (Wildman–Crippen LogP) is 8.23. The molecule has 0 radical (unpaired) electrons. The fourth-order valence-electron chi connectivity index (χ4n) is 5.98. The van der Waals surface area contributed by atoms with Gasteiger partial charge in [-0.2, -0.15) is 43.2 Å². The summed E-state index contributed by atoms with van der Waals surface area (Å²) >= 11 is 0. The van der Waals surface area contributed by atoms with Crippen LogP contribution in [0.25, 0.3) is 22.1 Å². The Morgan fingerprint density at radius 3 is 0.944 bits per heavy atom. The highest BCUT2D eigenvalue weighted by Gasteiger charge is 2.45. The Balaban J connectivity index is 0.000000245. The van der Waals surface area contributed by atoms with E-state index in [4.69, 9.17) is 73.8 Å². The molecule has 18 nitrogen and oxygen atoms in total. The molecule has 7 rings (SSSR count). The number of fused-ring (bicyclic) bond motifs is 4. The lowest BCUT2D eigenvalue weighted by atomic mass is 10.1. The van der Waals surface area contributed by atoms with Crippen molar-refractivity contribution >= 4 is 42.3 Å². The van der Waals surface area contributed by atoms with Crippen molar-refractivity contribution in [3.8, 4) is 23.0 Å². The largest absolute Gasteiger partial charge is 0.522 e. The zero-order valence-corrected chi connectivity index (χ0v) is 41.2. The summed E-state index contributed by atoms with van der Waals surface area (Å²) in [4.78, 5) is 16.3. The monoisotopic (exact) mass is 1070 g/mol. The van der Waals surface area contributed by atoms with E-state index in [1.54, 1.807) is 0 Å². The summed E-state index contributed by atoms with van der Waals surface area (Å²) in [7, 11) is -11.7. The second kappa shape index (κ2) is 27.9. The minimum absolute atomic E-state index is 0.425. The standard InChI is InChI=1S/C24H32O8.C20H22N4.2CHF3O3S/c1-2-6-22-21(5-1)29-17-13-25-9-10-27-15-19-31-23-7-3-4-8-24(23)32-20-16-28-12-11-26-14-18-30-22;1-11-7-15-16(8-12(11)2)22-19(21-15)5-6-20-23-17-9-13(3)14(4)10-18(17)24-20;2*2-1(3,4)8(5,6)7/h1-8H,9-20H2;7-10H,5-6H2,1-4H3,(H,21,22)(H,23,24);2*(H,5,6,7). The van der Waals surface area contributed by atoms with E-state index in [1.165, 1.54) is 22.3 Å². The van der Waals surface area contributed by atoms with Crippen molar-refractivity contribution < 1.29 is 90.2 Å². The number of alkyl halides is 6. The fourth-order valence-corrected chi connectivity index (χ4v) is 5.98. The van der Waals surface area contributed by atoms with E-state index in [2.05, 4.69) is 61.9 Å². The third kappa shape index (κ3) is 20.0. The zero-order chi connectivity index (χ0) is 53.0. The van der Waals surface area contributed by atoms with Gasteiger partial charge in [0.1, 0.15) is 38.1 Å². The van der Waals surface area contributed by atoms with Gasteiger partial charge in [0.2, 0.25) is 0 Å². The highest BCUT2D eigenvalue weighted by atomic mass is 32.2. The van der Waals surface area contributed by atoms with Crippen LogP contribution in [0.3, 0.4) is 0 Å². The summed E-state index contributed by atoms with van der Waals surface area (Å²) in [5.41, 5.74) is -1.60. The van der Waals surface area contributed by atoms with Crippen LogP contribution in [0.1, 0.15) is 33.9 Å². The molecule has 0 bridgehead atoms. The van der Waals surface area contributed by atoms with Crippen molar-refractivity contribution in [1.82, 2.24) is 19.9 Å². The van der Waals surface area contributed by atoms with Crippen LogP contribution < -0.4 is 18.9 Å². The molecule has 4 N–H and O–H groups in total. The Hall–Kier alpha value is -5.74. The summed E-state index contributed by atoms with van der Waals surface area (Å²) < 4.78 is 160. The van der Waals surface area contributed by atoms with Gasteiger partial charge in [-0.3, -0.25) is 9.11 Å². The van der Waals surface area contributed by atoms with Gasteiger partial charge >= 0.3 is 31.3 Å². The Morgan fingerprint density at radius 1 is 0.458 bits per heavy atom. The van der Waals surface area contributed by atoms with Gasteiger partial charge in [-0.15, -0.1) is 0 Å². The number of imidazole rings is 2. The Morgan fingerprint density at radius 2 is 0.694 bits per heavy atom. The molecule has 1 aliphatic heterocycles. The number of hydrogen-bond acceptors (Lipinski definition) is 14. The van der Waals surface area contributed by atoms with Gasteiger partial charge < -0.3 is 47.9 Å². The van der Waals surface area contributed by atoms with Gasteiger partial charge in [0, 0.05) is 12.8 Å². The summed E-state index contributed by atoms with van der Waals surface area (Å²) in [6.45, 7) is 14.0. The lowest BCUT2D eigenvalue weighted by Gasteiger charge is -2.14. The summed E-state index contributed by atoms with van der Waals surface area (Å²) in [6.07, 6.45) is 1.70. The van der Waals surface area contributed by atoms with E-state index in [-0.39, 0.29) is 0 Å². The number of aromatic nitrogens is 4. The number of hydrogen-bond donors (Lipinski definition) is 4.